The van der Waals surface area contributed by atoms with E-state index < -0.39 is 11.7 Å². The molecule has 2 aromatic carbocycles. The molecule has 0 atom stereocenters. The Balaban J connectivity index is 1.36. The summed E-state index contributed by atoms with van der Waals surface area (Å²) in [5.41, 5.74) is 3.71. The molecular weight excluding hydrogens is 575 g/mol. The van der Waals surface area contributed by atoms with E-state index >= 15 is 0 Å². The number of hydrogen-bond donors (Lipinski definition) is 3. The van der Waals surface area contributed by atoms with Crippen LogP contribution in [0, 0.1) is 26.6 Å². The summed E-state index contributed by atoms with van der Waals surface area (Å²) >= 11 is 0. The van der Waals surface area contributed by atoms with Gasteiger partial charge in [-0.2, -0.15) is 0 Å². The molecule has 1 aliphatic rings. The summed E-state index contributed by atoms with van der Waals surface area (Å²) in [5, 5.41) is 6.64. The Kier molecular flexibility index (Phi) is 8.78. The summed E-state index contributed by atoms with van der Waals surface area (Å²) in [4.78, 5) is 41.7. The van der Waals surface area contributed by atoms with Gasteiger partial charge in [0, 0.05) is 36.3 Å². The number of hydrogen-bond acceptors (Lipinski definition) is 5. The fourth-order valence-electron chi connectivity index (χ4n) is 5.94. The van der Waals surface area contributed by atoms with Crippen molar-refractivity contribution in [2.45, 2.75) is 84.9 Å². The number of nitrogens with one attached hydrogen (secondary N) is 3. The smallest absolute Gasteiger partial charge is 0.407 e. The quantitative estimate of drug-likeness (QED) is 0.217. The summed E-state index contributed by atoms with van der Waals surface area (Å²) < 4.78 is 27.0. The van der Waals surface area contributed by atoms with E-state index in [0.717, 1.165) is 29.5 Å². The van der Waals surface area contributed by atoms with Crippen LogP contribution >= 0.6 is 0 Å². The second-order valence-electron chi connectivity index (χ2n) is 13.1. The predicted octanol–water partition coefficient (Wildman–Crippen LogP) is 6.96. The highest BCUT2D eigenvalue weighted by atomic mass is 19.1. The summed E-state index contributed by atoms with van der Waals surface area (Å²) in [6, 6.07) is 10.3. The Labute approximate surface area is 262 Å². The molecule has 45 heavy (non-hydrogen) atoms. The number of nitrogens with zero attached hydrogens (tertiary/aromatic N) is 1. The Morgan fingerprint density at radius 2 is 1.56 bits per heavy atom. The molecule has 1 saturated carbocycles. The molecule has 0 spiro atoms. The Morgan fingerprint density at radius 3 is 2.18 bits per heavy atom. The summed E-state index contributed by atoms with van der Waals surface area (Å²) in [5.74, 6) is 0.562. The van der Waals surface area contributed by atoms with Gasteiger partial charge in [-0.05, 0) is 120 Å². The van der Waals surface area contributed by atoms with Crippen molar-refractivity contribution in [3.05, 3.63) is 81.2 Å². The molecule has 1 aliphatic carbocycles. The molecule has 3 N–H and O–H groups in total. The van der Waals surface area contributed by atoms with E-state index in [-0.39, 0.29) is 29.4 Å². The highest BCUT2D eigenvalue weighted by Gasteiger charge is 2.26. The zero-order chi connectivity index (χ0) is 32.6. The molecule has 238 valence electrons. The minimum absolute atomic E-state index is 0.00857. The van der Waals surface area contributed by atoms with Crippen LogP contribution in [0.5, 0.6) is 11.5 Å². The molecule has 9 nitrogen and oxygen atoms in total. The molecule has 0 aliphatic heterocycles. The first kappa shape index (κ1) is 31.8. The lowest BCUT2D eigenvalue weighted by atomic mass is 9.91. The van der Waals surface area contributed by atoms with Gasteiger partial charge in [-0.1, -0.05) is 6.07 Å². The van der Waals surface area contributed by atoms with Crippen molar-refractivity contribution in [1.29, 1.82) is 0 Å². The number of halogens is 1. The number of carbonyl (C=O) groups is 2. The predicted molar refractivity (Wildman–Crippen MR) is 173 cm³/mol. The second kappa shape index (κ2) is 12.4. The van der Waals surface area contributed by atoms with Gasteiger partial charge in [0.25, 0.3) is 11.5 Å². The maximum absolute atomic E-state index is 13.9. The number of rotatable bonds is 6. The van der Waals surface area contributed by atoms with Crippen LogP contribution in [0.2, 0.25) is 0 Å². The van der Waals surface area contributed by atoms with Crippen LogP contribution < -0.4 is 20.9 Å². The number of H-pyrrole nitrogens is 1. The zero-order valence-corrected chi connectivity index (χ0v) is 26.9. The fourth-order valence-corrected chi connectivity index (χ4v) is 5.94. The van der Waals surface area contributed by atoms with Gasteiger partial charge in [0.2, 0.25) is 0 Å². The van der Waals surface area contributed by atoms with E-state index in [9.17, 15) is 18.8 Å². The normalized spacial score (nSPS) is 16.8. The minimum atomic E-state index is -0.562. The van der Waals surface area contributed by atoms with Crippen molar-refractivity contribution in [3.63, 3.8) is 0 Å². The average Bonchev–Trinajstić information content (AvgIpc) is 3.38. The fraction of sp³-hybridized carbons (Fsp3) is 0.400. The molecule has 1 fully saturated rings. The topological polar surface area (TPSA) is 114 Å². The number of benzene rings is 2. The molecule has 0 saturated heterocycles. The molecule has 0 radical (unpaired) electrons. The van der Waals surface area contributed by atoms with E-state index in [4.69, 9.17) is 9.47 Å². The van der Waals surface area contributed by atoms with E-state index in [1.807, 2.05) is 45.9 Å². The first-order valence-electron chi connectivity index (χ1n) is 15.3. The molecule has 0 unspecified atom stereocenters. The first-order valence-corrected chi connectivity index (χ1v) is 15.3. The Bertz CT molecular complexity index is 1800. The number of ether oxygens (including phenoxy) is 2. The minimum Gasteiger partial charge on any atom is -0.457 e. The second-order valence-corrected chi connectivity index (χ2v) is 13.1. The molecule has 0 bridgehead atoms. The number of aromatic nitrogens is 2. The molecule has 10 heteroatoms. The van der Waals surface area contributed by atoms with Crippen LogP contribution in [0.4, 0.5) is 9.18 Å². The Morgan fingerprint density at radius 1 is 0.933 bits per heavy atom. The van der Waals surface area contributed by atoms with Crippen LogP contribution in [0.25, 0.3) is 22.0 Å². The first-order chi connectivity index (χ1) is 21.2. The third-order valence-electron chi connectivity index (χ3n) is 8.00. The summed E-state index contributed by atoms with van der Waals surface area (Å²) in [6.45, 7) is 11.0. The molecule has 2 aromatic heterocycles. The highest BCUT2D eigenvalue weighted by molar-refractivity contribution is 6.02. The number of pyridine rings is 1. The maximum atomic E-state index is 13.9. The Hall–Kier alpha value is -4.60. The van der Waals surface area contributed by atoms with Crippen molar-refractivity contribution in [1.82, 2.24) is 20.2 Å². The van der Waals surface area contributed by atoms with Gasteiger partial charge in [-0.15, -0.1) is 0 Å². The molecule has 4 aromatic rings. The standard InChI is InChI=1S/C35H41FN4O5/c1-19-12-22(16-26(13-19)44-31-20(2)14-23(36)15-21(31)3)28-18-40(7)33(42)30-27(28)17-29(39-30)32(41)37-24-8-10-25(11-9-24)38-34(43)45-35(4,5)6/h12-18,24-25,39H,8-11H2,1-7H3,(H,37,41)(H,38,43). The monoisotopic (exact) mass is 616 g/mol. The largest absolute Gasteiger partial charge is 0.457 e. The highest BCUT2D eigenvalue weighted by Crippen LogP contribution is 2.35. The van der Waals surface area contributed by atoms with E-state index in [1.54, 1.807) is 33.2 Å². The number of amides is 2. The van der Waals surface area contributed by atoms with Gasteiger partial charge < -0.3 is 29.7 Å². The number of fused-ring (bicyclic) bond motifs is 1. The van der Waals surface area contributed by atoms with Crippen molar-refractivity contribution in [2.75, 3.05) is 0 Å². The zero-order valence-electron chi connectivity index (χ0n) is 26.9. The van der Waals surface area contributed by atoms with Crippen LogP contribution in [0.3, 0.4) is 0 Å². The summed E-state index contributed by atoms with van der Waals surface area (Å²) in [6.07, 6.45) is 4.17. The lowest BCUT2D eigenvalue weighted by Crippen LogP contribution is -2.45. The van der Waals surface area contributed by atoms with Crippen LogP contribution in [-0.4, -0.2) is 39.2 Å². The van der Waals surface area contributed by atoms with Crippen molar-refractivity contribution in [3.8, 4) is 22.6 Å². The number of aryl methyl sites for hydroxylation is 4. The van der Waals surface area contributed by atoms with Crippen molar-refractivity contribution in [2.24, 2.45) is 7.05 Å². The molecule has 5 rings (SSSR count). The van der Waals surface area contributed by atoms with Gasteiger partial charge in [0.05, 0.1) is 0 Å². The molecule has 2 heterocycles. The van der Waals surface area contributed by atoms with E-state index in [0.29, 0.717) is 52.1 Å². The van der Waals surface area contributed by atoms with Gasteiger partial charge in [0.15, 0.2) is 0 Å². The lowest BCUT2D eigenvalue weighted by Gasteiger charge is -2.30. The number of aromatic amines is 1. The van der Waals surface area contributed by atoms with Gasteiger partial charge in [-0.3, -0.25) is 9.59 Å². The number of alkyl carbamates (subject to hydrolysis) is 1. The van der Waals surface area contributed by atoms with Crippen molar-refractivity contribution >= 4 is 22.9 Å². The van der Waals surface area contributed by atoms with Crippen LogP contribution in [-0.2, 0) is 11.8 Å². The van der Waals surface area contributed by atoms with Crippen LogP contribution in [0.15, 0.2) is 47.4 Å². The lowest BCUT2D eigenvalue weighted by molar-refractivity contribution is 0.0488. The van der Waals surface area contributed by atoms with Crippen LogP contribution in [0.1, 0.15) is 73.6 Å². The van der Waals surface area contributed by atoms with Gasteiger partial charge in [-0.25, -0.2) is 9.18 Å². The third-order valence-corrected chi connectivity index (χ3v) is 8.00. The molecular formula is C35H41FN4O5. The molecule has 2 amide bonds. The van der Waals surface area contributed by atoms with E-state index in [1.165, 1.54) is 16.7 Å². The van der Waals surface area contributed by atoms with Gasteiger partial charge in [0.1, 0.15) is 34.1 Å². The summed E-state index contributed by atoms with van der Waals surface area (Å²) in [7, 11) is 1.67. The SMILES string of the molecule is Cc1cc(Oc2c(C)cc(F)cc2C)cc(-c2cn(C)c(=O)c3[nH]c(C(=O)NC4CCC(NC(=O)OC(C)(C)C)CC4)cc23)c1. The van der Waals surface area contributed by atoms with E-state index in [2.05, 4.69) is 15.6 Å². The average molecular weight is 617 g/mol. The van der Waals surface area contributed by atoms with Crippen molar-refractivity contribution < 1.29 is 23.5 Å². The number of carbonyl (C=O) groups excluding carboxylic acids is 2. The maximum Gasteiger partial charge on any atom is 0.407 e. The third kappa shape index (κ3) is 7.38. The van der Waals surface area contributed by atoms with Gasteiger partial charge >= 0.3 is 6.09 Å².